The Morgan fingerprint density at radius 1 is 0.500 bits per heavy atom. The highest BCUT2D eigenvalue weighted by molar-refractivity contribution is 6.09. The van der Waals surface area contributed by atoms with Crippen molar-refractivity contribution in [2.75, 3.05) is 0 Å². The third-order valence-electron chi connectivity index (χ3n) is 9.45. The first-order valence-corrected chi connectivity index (χ1v) is 15.2. The molecule has 208 valence electrons. The molecule has 3 heterocycles. The molecule has 44 heavy (non-hydrogen) atoms. The van der Waals surface area contributed by atoms with Gasteiger partial charge in [0.05, 0.1) is 5.69 Å². The van der Waals surface area contributed by atoms with Crippen molar-refractivity contribution in [2.45, 2.75) is 19.3 Å². The third-order valence-corrected chi connectivity index (χ3v) is 9.45. The molecular formula is C41H29N3. The number of pyridine rings is 2. The summed E-state index contributed by atoms with van der Waals surface area (Å²) in [6, 6.07) is 48.0. The fraction of sp³-hybridized carbons (Fsp3) is 0.0732. The lowest BCUT2D eigenvalue weighted by Crippen LogP contribution is -2.14. The molecule has 3 aromatic heterocycles. The van der Waals surface area contributed by atoms with Crippen LogP contribution in [-0.4, -0.2) is 14.4 Å². The van der Waals surface area contributed by atoms with Crippen LogP contribution in [0.3, 0.4) is 0 Å². The van der Waals surface area contributed by atoms with E-state index in [0.29, 0.717) is 0 Å². The fourth-order valence-corrected chi connectivity index (χ4v) is 7.13. The SMILES string of the molecule is CC1(C)c2ccccc2-c2cc(-c3ccc(-c4ccc(-c5nc6c(nc7ccccn76)c6ccccc56)cc4)cc3)ccc21. The topological polar surface area (TPSA) is 30.2 Å². The zero-order chi connectivity index (χ0) is 29.4. The summed E-state index contributed by atoms with van der Waals surface area (Å²) in [5, 5.41) is 2.23. The highest BCUT2D eigenvalue weighted by Gasteiger charge is 2.35. The van der Waals surface area contributed by atoms with Gasteiger partial charge in [-0.15, -0.1) is 0 Å². The standard InChI is InChI=1S/C41H29N3/c1-41(2)35-12-6-5-9-31(35)34-25-30(22-23-36(34)41)28-16-14-26(15-17-28)27-18-20-29(21-19-27)38-32-10-3-4-11-33(32)39-40(43-38)44-24-8-7-13-37(44)42-39/h3-25H,1-2H3. The molecule has 1 aliphatic rings. The zero-order valence-electron chi connectivity index (χ0n) is 24.6. The maximum Gasteiger partial charge on any atom is 0.165 e. The Kier molecular flexibility index (Phi) is 5.24. The molecular weight excluding hydrogens is 534 g/mol. The van der Waals surface area contributed by atoms with Crippen molar-refractivity contribution in [3.8, 4) is 44.6 Å². The lowest BCUT2D eigenvalue weighted by Gasteiger charge is -2.21. The summed E-state index contributed by atoms with van der Waals surface area (Å²) in [4.78, 5) is 10.1. The lowest BCUT2D eigenvalue weighted by atomic mass is 9.82. The van der Waals surface area contributed by atoms with Crippen LogP contribution in [0.5, 0.6) is 0 Å². The number of aromatic nitrogens is 3. The highest BCUT2D eigenvalue weighted by atomic mass is 15.1. The van der Waals surface area contributed by atoms with E-state index in [4.69, 9.17) is 9.97 Å². The van der Waals surface area contributed by atoms with Gasteiger partial charge in [0.25, 0.3) is 0 Å². The molecule has 0 saturated heterocycles. The van der Waals surface area contributed by atoms with Gasteiger partial charge in [-0.3, -0.25) is 4.40 Å². The summed E-state index contributed by atoms with van der Waals surface area (Å²) in [7, 11) is 0. The summed E-state index contributed by atoms with van der Waals surface area (Å²) < 4.78 is 2.07. The Labute approximate surface area is 256 Å². The van der Waals surface area contributed by atoms with Gasteiger partial charge in [-0.25, -0.2) is 9.97 Å². The van der Waals surface area contributed by atoms with Gasteiger partial charge in [0, 0.05) is 27.9 Å². The molecule has 0 fully saturated rings. The summed E-state index contributed by atoms with van der Waals surface area (Å²) in [6.07, 6.45) is 2.03. The first kappa shape index (κ1) is 25.0. The van der Waals surface area contributed by atoms with Crippen LogP contribution < -0.4 is 0 Å². The van der Waals surface area contributed by atoms with E-state index in [2.05, 4.69) is 134 Å². The molecule has 0 bridgehead atoms. The average molecular weight is 564 g/mol. The largest absolute Gasteiger partial charge is 0.284 e. The Hall–Kier alpha value is -5.54. The van der Waals surface area contributed by atoms with Crippen molar-refractivity contribution in [2.24, 2.45) is 0 Å². The highest BCUT2D eigenvalue weighted by Crippen LogP contribution is 2.49. The average Bonchev–Trinajstić information content (AvgIpc) is 3.57. The summed E-state index contributed by atoms with van der Waals surface area (Å²) in [5.41, 5.74) is 15.2. The number of fused-ring (bicyclic) bond motifs is 8. The molecule has 0 unspecified atom stereocenters. The second kappa shape index (κ2) is 9.23. The van der Waals surface area contributed by atoms with E-state index in [0.717, 1.165) is 38.8 Å². The van der Waals surface area contributed by atoms with Crippen molar-refractivity contribution in [3.05, 3.63) is 151 Å². The van der Waals surface area contributed by atoms with E-state index in [9.17, 15) is 0 Å². The first-order chi connectivity index (χ1) is 21.6. The molecule has 0 saturated carbocycles. The Morgan fingerprint density at radius 2 is 1.09 bits per heavy atom. The number of hydrogen-bond acceptors (Lipinski definition) is 2. The van der Waals surface area contributed by atoms with Crippen LogP contribution in [0.2, 0.25) is 0 Å². The second-order valence-corrected chi connectivity index (χ2v) is 12.3. The van der Waals surface area contributed by atoms with Crippen molar-refractivity contribution in [3.63, 3.8) is 0 Å². The van der Waals surface area contributed by atoms with Gasteiger partial charge in [0.15, 0.2) is 5.65 Å². The van der Waals surface area contributed by atoms with E-state index >= 15 is 0 Å². The molecule has 5 aromatic carbocycles. The van der Waals surface area contributed by atoms with Crippen molar-refractivity contribution in [1.29, 1.82) is 0 Å². The molecule has 0 spiro atoms. The van der Waals surface area contributed by atoms with Gasteiger partial charge in [0.1, 0.15) is 11.2 Å². The lowest BCUT2D eigenvalue weighted by molar-refractivity contribution is 0.660. The van der Waals surface area contributed by atoms with Gasteiger partial charge in [-0.05, 0) is 62.7 Å². The smallest absolute Gasteiger partial charge is 0.165 e. The number of rotatable bonds is 3. The van der Waals surface area contributed by atoms with Gasteiger partial charge < -0.3 is 0 Å². The predicted octanol–water partition coefficient (Wildman–Crippen LogP) is 10.3. The Morgan fingerprint density at radius 3 is 1.86 bits per heavy atom. The maximum absolute atomic E-state index is 5.16. The van der Waals surface area contributed by atoms with Crippen molar-refractivity contribution >= 4 is 27.6 Å². The third kappa shape index (κ3) is 3.62. The van der Waals surface area contributed by atoms with Gasteiger partial charge in [0.2, 0.25) is 0 Å². The van der Waals surface area contributed by atoms with Crippen LogP contribution in [0, 0.1) is 0 Å². The van der Waals surface area contributed by atoms with Crippen LogP contribution in [0.25, 0.3) is 72.2 Å². The minimum Gasteiger partial charge on any atom is -0.284 e. The number of imidazole rings is 1. The normalized spacial score (nSPS) is 13.4. The fourth-order valence-electron chi connectivity index (χ4n) is 7.13. The zero-order valence-corrected chi connectivity index (χ0v) is 24.6. The van der Waals surface area contributed by atoms with Gasteiger partial charge >= 0.3 is 0 Å². The molecule has 8 aromatic rings. The number of hydrogen-bond donors (Lipinski definition) is 0. The molecule has 0 atom stereocenters. The first-order valence-electron chi connectivity index (χ1n) is 15.2. The number of benzene rings is 5. The Bertz CT molecular complexity index is 2390. The van der Waals surface area contributed by atoms with Crippen molar-refractivity contribution < 1.29 is 0 Å². The number of nitrogens with zero attached hydrogens (tertiary/aromatic N) is 3. The molecule has 3 nitrogen and oxygen atoms in total. The second-order valence-electron chi connectivity index (χ2n) is 12.3. The van der Waals surface area contributed by atoms with Crippen LogP contribution in [0.1, 0.15) is 25.0 Å². The summed E-state index contributed by atoms with van der Waals surface area (Å²) in [6.45, 7) is 4.65. The van der Waals surface area contributed by atoms with Crippen LogP contribution in [0.4, 0.5) is 0 Å². The minimum atomic E-state index is 0.0285. The minimum absolute atomic E-state index is 0.0285. The summed E-state index contributed by atoms with van der Waals surface area (Å²) in [5.74, 6) is 0. The van der Waals surface area contributed by atoms with E-state index < -0.39 is 0 Å². The van der Waals surface area contributed by atoms with Crippen LogP contribution >= 0.6 is 0 Å². The van der Waals surface area contributed by atoms with Gasteiger partial charge in [-0.1, -0.05) is 129 Å². The van der Waals surface area contributed by atoms with Crippen LogP contribution in [0.15, 0.2) is 140 Å². The van der Waals surface area contributed by atoms with Crippen molar-refractivity contribution in [1.82, 2.24) is 14.4 Å². The van der Waals surface area contributed by atoms with E-state index in [-0.39, 0.29) is 5.41 Å². The molecule has 9 rings (SSSR count). The Balaban J connectivity index is 1.06. The van der Waals surface area contributed by atoms with E-state index in [1.54, 1.807) is 0 Å². The monoisotopic (exact) mass is 563 g/mol. The molecule has 0 aliphatic heterocycles. The molecule has 0 radical (unpaired) electrons. The molecule has 0 N–H and O–H groups in total. The van der Waals surface area contributed by atoms with E-state index in [1.807, 2.05) is 24.4 Å². The molecule has 0 amide bonds. The maximum atomic E-state index is 5.16. The van der Waals surface area contributed by atoms with Gasteiger partial charge in [-0.2, -0.15) is 0 Å². The predicted molar refractivity (Wildman–Crippen MR) is 182 cm³/mol. The van der Waals surface area contributed by atoms with Crippen LogP contribution in [-0.2, 0) is 5.41 Å². The van der Waals surface area contributed by atoms with E-state index in [1.165, 1.54) is 44.5 Å². The molecule has 1 aliphatic carbocycles. The summed E-state index contributed by atoms with van der Waals surface area (Å²) >= 11 is 0. The quantitative estimate of drug-likeness (QED) is 0.214. The molecule has 3 heteroatoms.